The molecule has 3 saturated carbocycles. The number of carboxylic acid groups (broad SMARTS) is 1. The van der Waals surface area contributed by atoms with E-state index in [0.717, 1.165) is 12.8 Å². The van der Waals surface area contributed by atoms with Gasteiger partial charge in [0, 0.05) is 5.56 Å². The van der Waals surface area contributed by atoms with E-state index in [1.807, 2.05) is 6.07 Å². The van der Waals surface area contributed by atoms with Crippen molar-refractivity contribution in [2.45, 2.75) is 57.7 Å². The third-order valence-corrected chi connectivity index (χ3v) is 7.04. The number of hydrogen-bond acceptors (Lipinski definition) is 4. The molecule has 5 rings (SSSR count). The van der Waals surface area contributed by atoms with Gasteiger partial charge < -0.3 is 19.7 Å². The first-order valence-electron chi connectivity index (χ1n) is 9.63. The first-order valence-corrected chi connectivity index (χ1v) is 9.63. The van der Waals surface area contributed by atoms with Gasteiger partial charge in [0.15, 0.2) is 0 Å². The van der Waals surface area contributed by atoms with E-state index >= 15 is 0 Å². The topological polar surface area (TPSA) is 84.9 Å². The number of benzene rings is 1. The molecule has 0 aromatic heterocycles. The van der Waals surface area contributed by atoms with Gasteiger partial charge in [-0.2, -0.15) is 0 Å². The van der Waals surface area contributed by atoms with E-state index in [9.17, 15) is 14.7 Å². The second kappa shape index (κ2) is 6.35. The molecule has 1 aromatic rings. The lowest BCUT2D eigenvalue weighted by Crippen LogP contribution is -2.65. The number of carbonyl (C=O) groups excluding carboxylic acids is 1. The molecule has 2 N–H and O–H groups in total. The normalized spacial score (nSPS) is 34.3. The van der Waals surface area contributed by atoms with Gasteiger partial charge in [0.2, 0.25) is 0 Å². The zero-order valence-electron chi connectivity index (χ0n) is 16.0. The average molecular weight is 371 g/mol. The largest absolute Gasteiger partial charge is 0.482 e. The van der Waals surface area contributed by atoms with Crippen LogP contribution in [0.2, 0.25) is 0 Å². The summed E-state index contributed by atoms with van der Waals surface area (Å²) in [5, 5.41) is 12.1. The molecule has 5 atom stereocenters. The van der Waals surface area contributed by atoms with Crippen LogP contribution in [0.15, 0.2) is 30.3 Å². The van der Waals surface area contributed by atoms with Gasteiger partial charge in [-0.3, -0.25) is 9.59 Å². The molecule has 2 bridgehead atoms. The monoisotopic (exact) mass is 371 g/mol. The number of aliphatic carboxylic acids is 1. The highest BCUT2D eigenvalue weighted by molar-refractivity contribution is 6.48. The van der Waals surface area contributed by atoms with Gasteiger partial charge >= 0.3 is 13.1 Å². The van der Waals surface area contributed by atoms with Crippen molar-refractivity contribution in [1.29, 1.82) is 0 Å². The second-order valence-electron chi connectivity index (χ2n) is 8.88. The smallest absolute Gasteiger partial charge is 0.481 e. The van der Waals surface area contributed by atoms with Gasteiger partial charge in [0.05, 0.1) is 24.1 Å². The van der Waals surface area contributed by atoms with Crippen molar-refractivity contribution in [1.82, 2.24) is 5.32 Å². The summed E-state index contributed by atoms with van der Waals surface area (Å²) >= 11 is 0. The fraction of sp³-hybridized carbons (Fsp3) is 0.600. The Hall–Kier alpha value is -1.86. The Morgan fingerprint density at radius 2 is 1.96 bits per heavy atom. The van der Waals surface area contributed by atoms with Crippen LogP contribution in [0, 0.1) is 17.3 Å². The Bertz CT molecular complexity index is 754. The number of hydrogen-bond donors (Lipinski definition) is 2. The maximum atomic E-state index is 12.5. The summed E-state index contributed by atoms with van der Waals surface area (Å²) in [7, 11) is -0.751. The van der Waals surface area contributed by atoms with Gasteiger partial charge in [-0.05, 0) is 49.1 Å². The van der Waals surface area contributed by atoms with E-state index < -0.39 is 24.6 Å². The predicted molar refractivity (Wildman–Crippen MR) is 100 cm³/mol. The van der Waals surface area contributed by atoms with Crippen molar-refractivity contribution >= 4 is 19.0 Å². The van der Waals surface area contributed by atoms with Crippen molar-refractivity contribution in [3.05, 3.63) is 35.9 Å². The number of carbonyl (C=O) groups is 2. The summed E-state index contributed by atoms with van der Waals surface area (Å²) in [5.41, 5.74) is 0.258. The van der Waals surface area contributed by atoms with Crippen LogP contribution in [0.1, 0.15) is 50.4 Å². The van der Waals surface area contributed by atoms with E-state index in [4.69, 9.17) is 9.31 Å². The third kappa shape index (κ3) is 2.97. The molecule has 27 heavy (non-hydrogen) atoms. The summed E-state index contributed by atoms with van der Waals surface area (Å²) in [6.07, 6.45) is 1.74. The van der Waals surface area contributed by atoms with E-state index in [1.54, 1.807) is 24.3 Å². The van der Waals surface area contributed by atoms with Crippen LogP contribution >= 0.6 is 0 Å². The zero-order chi connectivity index (χ0) is 19.4. The zero-order valence-corrected chi connectivity index (χ0v) is 16.0. The van der Waals surface area contributed by atoms with Crippen LogP contribution in [0.25, 0.3) is 0 Å². The minimum atomic E-state index is -0.995. The molecule has 6 nitrogen and oxygen atoms in total. The molecule has 4 fully saturated rings. The Morgan fingerprint density at radius 1 is 1.26 bits per heavy atom. The second-order valence-corrected chi connectivity index (χ2v) is 8.88. The lowest BCUT2D eigenvalue weighted by Gasteiger charge is -2.64. The molecule has 144 valence electrons. The molecule has 1 aliphatic heterocycles. The SMILES string of the molecule is CC1(C)[C@@H]2C[C@H]3OB(C(CC(=O)O)NC(=O)c4ccccc4)O[C@@]3(C)[C@H]1C2. The summed E-state index contributed by atoms with van der Waals surface area (Å²) < 4.78 is 12.5. The Balaban J connectivity index is 1.52. The van der Waals surface area contributed by atoms with Crippen LogP contribution in [0.5, 0.6) is 0 Å². The number of nitrogens with one attached hydrogen (secondary N) is 1. The first-order chi connectivity index (χ1) is 12.7. The van der Waals surface area contributed by atoms with Crippen LogP contribution in [0.3, 0.4) is 0 Å². The van der Waals surface area contributed by atoms with Crippen molar-refractivity contribution in [3.63, 3.8) is 0 Å². The van der Waals surface area contributed by atoms with Crippen LogP contribution in [-0.4, -0.2) is 41.7 Å². The molecule has 1 aromatic carbocycles. The Morgan fingerprint density at radius 3 is 2.59 bits per heavy atom. The molecular formula is C20H26BNO5. The molecule has 4 aliphatic rings. The molecule has 1 amide bonds. The quantitative estimate of drug-likeness (QED) is 0.777. The molecular weight excluding hydrogens is 345 g/mol. The van der Waals surface area contributed by atoms with E-state index in [0.29, 0.717) is 17.4 Å². The summed E-state index contributed by atoms with van der Waals surface area (Å²) in [6.45, 7) is 6.63. The fourth-order valence-corrected chi connectivity index (χ4v) is 5.32. The molecule has 1 saturated heterocycles. The van der Waals surface area contributed by atoms with Crippen molar-refractivity contribution in [2.24, 2.45) is 17.3 Å². The molecule has 7 heteroatoms. The van der Waals surface area contributed by atoms with Crippen molar-refractivity contribution < 1.29 is 24.0 Å². The standard InChI is InChI=1S/C20H26BNO5/c1-19(2)13-9-14(19)20(3)15(10-13)26-21(27-20)16(11-17(23)24)22-18(25)12-7-5-4-6-8-12/h4-8,13-16H,9-11H2,1-3H3,(H,22,25)(H,23,24)/t13-,14-,15+,16?,20-/m0/s1. The minimum Gasteiger partial charge on any atom is -0.481 e. The van der Waals surface area contributed by atoms with Gasteiger partial charge in [-0.25, -0.2) is 0 Å². The molecule has 3 aliphatic carbocycles. The molecule has 1 heterocycles. The third-order valence-electron chi connectivity index (χ3n) is 7.04. The summed E-state index contributed by atoms with van der Waals surface area (Å²) in [4.78, 5) is 23.9. The maximum Gasteiger partial charge on any atom is 0.482 e. The molecule has 0 spiro atoms. The van der Waals surface area contributed by atoms with Gasteiger partial charge in [-0.15, -0.1) is 0 Å². The lowest BCUT2D eigenvalue weighted by molar-refractivity contribution is -0.199. The summed E-state index contributed by atoms with van der Waals surface area (Å²) in [6, 6.07) is 8.76. The predicted octanol–water partition coefficient (Wildman–Crippen LogP) is 2.53. The van der Waals surface area contributed by atoms with E-state index in [2.05, 4.69) is 26.1 Å². The van der Waals surface area contributed by atoms with E-state index in [-0.39, 0.29) is 23.8 Å². The fourth-order valence-electron chi connectivity index (χ4n) is 5.32. The van der Waals surface area contributed by atoms with Crippen molar-refractivity contribution in [3.8, 4) is 0 Å². The highest BCUT2D eigenvalue weighted by atomic mass is 16.7. The van der Waals surface area contributed by atoms with Gasteiger partial charge in [-0.1, -0.05) is 32.0 Å². The molecule has 0 radical (unpaired) electrons. The van der Waals surface area contributed by atoms with Crippen LogP contribution in [0.4, 0.5) is 0 Å². The highest BCUT2D eigenvalue weighted by Gasteiger charge is 2.68. The Labute approximate surface area is 159 Å². The lowest BCUT2D eigenvalue weighted by atomic mass is 9.43. The molecule has 1 unspecified atom stereocenters. The van der Waals surface area contributed by atoms with Crippen molar-refractivity contribution in [2.75, 3.05) is 0 Å². The highest BCUT2D eigenvalue weighted by Crippen LogP contribution is 2.65. The van der Waals surface area contributed by atoms with Gasteiger partial charge in [0.25, 0.3) is 5.91 Å². The summed E-state index contributed by atoms with van der Waals surface area (Å²) in [5.74, 6) is -1.06. The minimum absolute atomic E-state index is 0.0517. The van der Waals surface area contributed by atoms with Crippen LogP contribution < -0.4 is 5.32 Å². The van der Waals surface area contributed by atoms with Gasteiger partial charge in [0.1, 0.15) is 0 Å². The number of amides is 1. The Kier molecular flexibility index (Phi) is 4.35. The maximum absolute atomic E-state index is 12.5. The first kappa shape index (κ1) is 18.5. The average Bonchev–Trinajstić information content (AvgIpc) is 2.98. The number of carboxylic acids is 1. The number of rotatable bonds is 5. The van der Waals surface area contributed by atoms with E-state index in [1.165, 1.54) is 0 Å². The van der Waals surface area contributed by atoms with Crippen LogP contribution in [-0.2, 0) is 14.1 Å².